The summed E-state index contributed by atoms with van der Waals surface area (Å²) in [6, 6.07) is 6.17. The van der Waals surface area contributed by atoms with E-state index >= 15 is 0 Å². The number of rotatable bonds is 3. The van der Waals surface area contributed by atoms with Crippen LogP contribution in [0.2, 0.25) is 0 Å². The molecule has 1 aliphatic rings. The van der Waals surface area contributed by atoms with Crippen LogP contribution in [-0.4, -0.2) is 25.0 Å². The normalized spacial score (nSPS) is 18.6. The van der Waals surface area contributed by atoms with Gasteiger partial charge in [-0.3, -0.25) is 4.79 Å². The molecule has 4 heteroatoms. The highest BCUT2D eigenvalue weighted by Gasteiger charge is 2.26. The van der Waals surface area contributed by atoms with Crippen LogP contribution in [0, 0.1) is 5.82 Å². The average molecular weight is 265 g/mol. The van der Waals surface area contributed by atoms with E-state index < -0.39 is 0 Å². The summed E-state index contributed by atoms with van der Waals surface area (Å²) in [6.45, 7) is 3.99. The van der Waals surface area contributed by atoms with E-state index in [0.717, 1.165) is 13.1 Å². The van der Waals surface area contributed by atoms with E-state index in [1.807, 2.05) is 6.92 Å². The number of hydrogen-bond donors (Lipinski definition) is 2. The van der Waals surface area contributed by atoms with Crippen LogP contribution < -0.4 is 10.2 Å². The van der Waals surface area contributed by atoms with Gasteiger partial charge in [-0.2, -0.15) is 0 Å². The lowest BCUT2D eigenvalue weighted by atomic mass is 10.2. The molecule has 3 nitrogen and oxygen atoms in total. The van der Waals surface area contributed by atoms with Crippen molar-refractivity contribution in [2.75, 3.05) is 18.4 Å². The second-order valence-electron chi connectivity index (χ2n) is 5.26. The molecule has 1 fully saturated rings. The fourth-order valence-electron chi connectivity index (χ4n) is 2.60. The van der Waals surface area contributed by atoms with E-state index in [9.17, 15) is 9.18 Å². The first-order valence-corrected chi connectivity index (χ1v) is 7.08. The Morgan fingerprint density at radius 2 is 1.84 bits per heavy atom. The van der Waals surface area contributed by atoms with Crippen molar-refractivity contribution in [2.45, 2.75) is 38.6 Å². The fraction of sp³-hybridized carbons (Fsp3) is 0.533. The van der Waals surface area contributed by atoms with Crippen molar-refractivity contribution >= 4 is 11.6 Å². The van der Waals surface area contributed by atoms with Gasteiger partial charge in [0.15, 0.2) is 6.04 Å². The lowest BCUT2D eigenvalue weighted by molar-refractivity contribution is -0.913. The SMILES string of the molecule is C[C@@H](C(=O)Nc1ccccc1F)[NH+]1CCCCCC1. The summed E-state index contributed by atoms with van der Waals surface area (Å²) in [6.07, 6.45) is 4.86. The van der Waals surface area contributed by atoms with Crippen molar-refractivity contribution < 1.29 is 14.1 Å². The Morgan fingerprint density at radius 1 is 1.21 bits per heavy atom. The smallest absolute Gasteiger partial charge is 0.282 e. The summed E-state index contributed by atoms with van der Waals surface area (Å²) in [5.41, 5.74) is 0.272. The monoisotopic (exact) mass is 265 g/mol. The molecule has 0 aliphatic carbocycles. The first-order valence-electron chi connectivity index (χ1n) is 7.08. The Morgan fingerprint density at radius 3 is 2.47 bits per heavy atom. The number of halogens is 1. The molecule has 1 aliphatic heterocycles. The number of carbonyl (C=O) groups excluding carboxylic acids is 1. The van der Waals surface area contributed by atoms with Crippen molar-refractivity contribution in [1.82, 2.24) is 0 Å². The molecule has 1 atom stereocenters. The highest BCUT2D eigenvalue weighted by Crippen LogP contribution is 2.12. The summed E-state index contributed by atoms with van der Waals surface area (Å²) in [5.74, 6) is -0.476. The minimum absolute atomic E-state index is 0.0954. The fourth-order valence-corrected chi connectivity index (χ4v) is 2.60. The molecule has 0 spiro atoms. The van der Waals surface area contributed by atoms with Crippen LogP contribution in [0.1, 0.15) is 32.6 Å². The van der Waals surface area contributed by atoms with Gasteiger partial charge in [0.05, 0.1) is 18.8 Å². The Kier molecular flexibility index (Phi) is 4.91. The highest BCUT2D eigenvalue weighted by molar-refractivity contribution is 5.93. The number of quaternary nitrogens is 1. The summed E-state index contributed by atoms with van der Waals surface area (Å²) in [4.78, 5) is 13.5. The van der Waals surface area contributed by atoms with Crippen LogP contribution in [0.4, 0.5) is 10.1 Å². The number of nitrogens with one attached hydrogen (secondary N) is 2. The molecule has 0 unspecified atom stereocenters. The third-order valence-corrected chi connectivity index (χ3v) is 3.88. The zero-order valence-corrected chi connectivity index (χ0v) is 11.4. The highest BCUT2D eigenvalue weighted by atomic mass is 19.1. The summed E-state index contributed by atoms with van der Waals surface area (Å²) >= 11 is 0. The molecule has 2 N–H and O–H groups in total. The first kappa shape index (κ1) is 14.0. The minimum atomic E-state index is -0.381. The molecule has 1 amide bonds. The predicted molar refractivity (Wildman–Crippen MR) is 73.7 cm³/mol. The molecule has 1 saturated heterocycles. The molecule has 0 bridgehead atoms. The van der Waals surface area contributed by atoms with Gasteiger partial charge in [0.1, 0.15) is 5.82 Å². The van der Waals surface area contributed by atoms with Gasteiger partial charge in [-0.05, 0) is 44.7 Å². The number of carbonyl (C=O) groups is 1. The molecule has 1 aromatic carbocycles. The Hall–Kier alpha value is -1.42. The number of benzene rings is 1. The second kappa shape index (κ2) is 6.66. The van der Waals surface area contributed by atoms with Gasteiger partial charge in [0, 0.05) is 0 Å². The van der Waals surface area contributed by atoms with Crippen LogP contribution in [0.25, 0.3) is 0 Å². The molecular weight excluding hydrogens is 243 g/mol. The van der Waals surface area contributed by atoms with Gasteiger partial charge in [-0.25, -0.2) is 4.39 Å². The number of amides is 1. The van der Waals surface area contributed by atoms with Crippen LogP contribution in [-0.2, 0) is 4.79 Å². The topological polar surface area (TPSA) is 33.5 Å². The van der Waals surface area contributed by atoms with E-state index in [-0.39, 0.29) is 23.5 Å². The quantitative estimate of drug-likeness (QED) is 0.855. The molecule has 0 saturated carbocycles. The molecule has 0 radical (unpaired) electrons. The first-order chi connectivity index (χ1) is 9.18. The summed E-state index contributed by atoms with van der Waals surface area (Å²) in [7, 11) is 0. The Labute approximate surface area is 113 Å². The molecule has 0 aromatic heterocycles. The van der Waals surface area contributed by atoms with Crippen molar-refractivity contribution in [1.29, 1.82) is 0 Å². The van der Waals surface area contributed by atoms with E-state index in [1.165, 1.54) is 36.6 Å². The molecule has 1 heterocycles. The Bertz CT molecular complexity index is 428. The number of para-hydroxylation sites is 1. The minimum Gasteiger partial charge on any atom is -0.325 e. The van der Waals surface area contributed by atoms with E-state index in [4.69, 9.17) is 0 Å². The van der Waals surface area contributed by atoms with Gasteiger partial charge in [0.2, 0.25) is 0 Å². The molecule has 19 heavy (non-hydrogen) atoms. The van der Waals surface area contributed by atoms with E-state index in [2.05, 4.69) is 5.32 Å². The maximum absolute atomic E-state index is 13.5. The molecule has 2 rings (SSSR count). The third kappa shape index (κ3) is 3.77. The maximum Gasteiger partial charge on any atom is 0.282 e. The second-order valence-corrected chi connectivity index (χ2v) is 5.26. The average Bonchev–Trinajstić information content (AvgIpc) is 2.69. The lowest BCUT2D eigenvalue weighted by Gasteiger charge is -2.23. The van der Waals surface area contributed by atoms with Gasteiger partial charge in [0.25, 0.3) is 5.91 Å². The molecule has 104 valence electrons. The molecule has 1 aromatic rings. The third-order valence-electron chi connectivity index (χ3n) is 3.88. The van der Waals surface area contributed by atoms with Crippen LogP contribution in [0.3, 0.4) is 0 Å². The zero-order chi connectivity index (χ0) is 13.7. The number of hydrogen-bond acceptors (Lipinski definition) is 1. The maximum atomic E-state index is 13.5. The van der Waals surface area contributed by atoms with E-state index in [1.54, 1.807) is 18.2 Å². The van der Waals surface area contributed by atoms with Crippen LogP contribution >= 0.6 is 0 Å². The summed E-state index contributed by atoms with van der Waals surface area (Å²) < 4.78 is 13.5. The summed E-state index contributed by atoms with van der Waals surface area (Å²) in [5, 5.41) is 2.69. The number of anilines is 1. The standard InChI is InChI=1S/C15H21FN2O/c1-12(18-10-6-2-3-7-11-18)15(19)17-14-9-5-4-8-13(14)16/h4-5,8-9,12H,2-3,6-7,10-11H2,1H3,(H,17,19)/p+1/t12-/m0/s1. The van der Waals surface area contributed by atoms with Crippen molar-refractivity contribution in [3.63, 3.8) is 0 Å². The van der Waals surface area contributed by atoms with Gasteiger partial charge < -0.3 is 10.2 Å². The molecular formula is C15H22FN2O+. The lowest BCUT2D eigenvalue weighted by Crippen LogP contribution is -3.16. The zero-order valence-electron chi connectivity index (χ0n) is 11.4. The number of likely N-dealkylation sites (tertiary alicyclic amines) is 1. The van der Waals surface area contributed by atoms with Crippen LogP contribution in [0.15, 0.2) is 24.3 Å². The van der Waals surface area contributed by atoms with Gasteiger partial charge in [-0.1, -0.05) is 12.1 Å². The largest absolute Gasteiger partial charge is 0.325 e. The Balaban J connectivity index is 1.97. The van der Waals surface area contributed by atoms with Crippen LogP contribution in [0.5, 0.6) is 0 Å². The van der Waals surface area contributed by atoms with Crippen molar-refractivity contribution in [3.05, 3.63) is 30.1 Å². The van der Waals surface area contributed by atoms with E-state index in [0.29, 0.717) is 0 Å². The van der Waals surface area contributed by atoms with Crippen molar-refractivity contribution in [3.8, 4) is 0 Å². The predicted octanol–water partition coefficient (Wildman–Crippen LogP) is 1.61. The van der Waals surface area contributed by atoms with Gasteiger partial charge >= 0.3 is 0 Å². The van der Waals surface area contributed by atoms with Crippen molar-refractivity contribution in [2.24, 2.45) is 0 Å². The van der Waals surface area contributed by atoms with Gasteiger partial charge in [-0.15, -0.1) is 0 Å².